The number of nitrogens with zero attached hydrogens (tertiary/aromatic N) is 1. The van der Waals surface area contributed by atoms with Gasteiger partial charge in [0, 0.05) is 5.56 Å². The Bertz CT molecular complexity index is 1400. The third-order valence-corrected chi connectivity index (χ3v) is 8.49. The molecule has 3 aromatic rings. The lowest BCUT2D eigenvalue weighted by molar-refractivity contribution is -0.137. The van der Waals surface area contributed by atoms with E-state index >= 15 is 4.39 Å². The second-order valence-corrected chi connectivity index (χ2v) is 11.4. The molecule has 40 heavy (non-hydrogen) atoms. The Labute approximate surface area is 235 Å². The zero-order chi connectivity index (χ0) is 28.1. The number of ether oxygens (including phenoxy) is 2. The lowest BCUT2D eigenvalue weighted by atomic mass is 9.70. The van der Waals surface area contributed by atoms with Gasteiger partial charge in [-0.15, -0.1) is 0 Å². The molecule has 2 fully saturated rings. The number of hydrogen-bond acceptors (Lipinski definition) is 4. The van der Waals surface area contributed by atoms with Crippen LogP contribution in [-0.4, -0.2) is 18.2 Å². The van der Waals surface area contributed by atoms with Crippen molar-refractivity contribution in [3.63, 3.8) is 0 Å². The normalized spacial score (nSPS) is 17.0. The molecule has 0 heterocycles. The minimum absolute atomic E-state index is 0.0266. The van der Waals surface area contributed by atoms with Crippen LogP contribution in [0.5, 0.6) is 11.5 Å². The maximum Gasteiger partial charge on any atom is 0.303 e. The second kappa shape index (κ2) is 12.1. The largest absolute Gasteiger partial charge is 0.497 e. The number of carboxylic acid groups (broad SMARTS) is 1. The van der Waals surface area contributed by atoms with Crippen LogP contribution >= 0.6 is 0 Å². The van der Waals surface area contributed by atoms with Crippen LogP contribution in [0, 0.1) is 28.5 Å². The zero-order valence-corrected chi connectivity index (χ0v) is 23.0. The molecule has 0 spiro atoms. The average molecular weight is 542 g/mol. The maximum absolute atomic E-state index is 15.1. The number of rotatable bonds is 11. The molecular formula is C34H36FNO4. The Morgan fingerprint density at radius 2 is 1.82 bits per heavy atom. The number of hydrogen-bond donors (Lipinski definition) is 1. The summed E-state index contributed by atoms with van der Waals surface area (Å²) in [6.45, 7) is 0.327. The number of carbonyl (C=O) groups is 1. The van der Waals surface area contributed by atoms with Gasteiger partial charge in [-0.2, -0.15) is 5.26 Å². The summed E-state index contributed by atoms with van der Waals surface area (Å²) in [5.74, 6) is 0.578. The van der Waals surface area contributed by atoms with Crippen LogP contribution in [0.1, 0.15) is 74.0 Å². The van der Waals surface area contributed by atoms with Gasteiger partial charge in [-0.05, 0) is 96.5 Å². The summed E-state index contributed by atoms with van der Waals surface area (Å²) < 4.78 is 26.6. The van der Waals surface area contributed by atoms with Crippen LogP contribution in [0.4, 0.5) is 4.39 Å². The summed E-state index contributed by atoms with van der Waals surface area (Å²) in [5.41, 5.74) is 3.62. The minimum Gasteiger partial charge on any atom is -0.497 e. The number of aliphatic carboxylic acids is 1. The molecule has 5 rings (SSSR count). The zero-order valence-electron chi connectivity index (χ0n) is 23.0. The van der Waals surface area contributed by atoms with Crippen molar-refractivity contribution >= 4 is 5.97 Å². The van der Waals surface area contributed by atoms with Crippen LogP contribution in [-0.2, 0) is 17.8 Å². The summed E-state index contributed by atoms with van der Waals surface area (Å²) >= 11 is 0. The van der Waals surface area contributed by atoms with Gasteiger partial charge in [0.2, 0.25) is 0 Å². The molecule has 0 aliphatic heterocycles. The molecule has 208 valence electrons. The fourth-order valence-electron chi connectivity index (χ4n) is 6.15. The van der Waals surface area contributed by atoms with Crippen LogP contribution in [0.2, 0.25) is 0 Å². The highest BCUT2D eigenvalue weighted by atomic mass is 19.1. The van der Waals surface area contributed by atoms with E-state index < -0.39 is 11.4 Å². The molecule has 1 unspecified atom stereocenters. The van der Waals surface area contributed by atoms with Gasteiger partial charge in [0.1, 0.15) is 23.9 Å². The molecular weight excluding hydrogens is 505 g/mol. The van der Waals surface area contributed by atoms with E-state index in [0.717, 1.165) is 67.2 Å². The van der Waals surface area contributed by atoms with Crippen LogP contribution in [0.25, 0.3) is 11.1 Å². The molecule has 0 aromatic heterocycles. The van der Waals surface area contributed by atoms with Gasteiger partial charge in [-0.1, -0.05) is 49.6 Å². The fourth-order valence-corrected chi connectivity index (χ4v) is 6.15. The van der Waals surface area contributed by atoms with Gasteiger partial charge < -0.3 is 14.6 Å². The van der Waals surface area contributed by atoms with Crippen molar-refractivity contribution in [2.45, 2.75) is 70.3 Å². The highest BCUT2D eigenvalue weighted by molar-refractivity contribution is 5.71. The van der Waals surface area contributed by atoms with Crippen molar-refractivity contribution in [2.24, 2.45) is 11.3 Å². The molecule has 2 aliphatic rings. The Kier molecular flexibility index (Phi) is 8.40. The Balaban J connectivity index is 1.42. The third-order valence-electron chi connectivity index (χ3n) is 8.49. The molecule has 0 bridgehead atoms. The van der Waals surface area contributed by atoms with E-state index in [0.29, 0.717) is 36.0 Å². The molecule has 2 saturated carbocycles. The number of halogens is 1. The van der Waals surface area contributed by atoms with E-state index in [2.05, 4.69) is 12.1 Å². The van der Waals surface area contributed by atoms with E-state index in [1.54, 1.807) is 19.2 Å². The van der Waals surface area contributed by atoms with E-state index in [1.807, 2.05) is 36.4 Å². The highest BCUT2D eigenvalue weighted by Gasteiger charge is 2.34. The molecule has 5 nitrogen and oxygen atoms in total. The van der Waals surface area contributed by atoms with Gasteiger partial charge in [0.05, 0.1) is 25.0 Å². The molecule has 0 saturated heterocycles. The fraction of sp³-hybridized carbons (Fsp3) is 0.412. The summed E-state index contributed by atoms with van der Waals surface area (Å²) in [7, 11) is 1.56. The van der Waals surface area contributed by atoms with Gasteiger partial charge >= 0.3 is 5.97 Å². The number of methoxy groups -OCH3 is 1. The lowest BCUT2D eigenvalue weighted by Crippen LogP contribution is -2.25. The first kappa shape index (κ1) is 27.7. The molecule has 0 radical (unpaired) electrons. The molecule has 3 aromatic carbocycles. The van der Waals surface area contributed by atoms with Gasteiger partial charge in [0.25, 0.3) is 0 Å². The molecule has 1 N–H and O–H groups in total. The quantitative estimate of drug-likeness (QED) is 0.266. The van der Waals surface area contributed by atoms with E-state index in [9.17, 15) is 15.2 Å². The first-order valence-electron chi connectivity index (χ1n) is 14.2. The summed E-state index contributed by atoms with van der Waals surface area (Å²) in [6, 6.07) is 21.0. The van der Waals surface area contributed by atoms with Crippen molar-refractivity contribution in [2.75, 3.05) is 7.11 Å². The van der Waals surface area contributed by atoms with Crippen molar-refractivity contribution < 1.29 is 23.8 Å². The standard InChI is InChI=1S/C34H36FNO4/c1-39-27-11-13-32(35)31(18-27)29-12-10-28(17-26(29)20-34(22-36)14-3-2-4-15-34)40-21-23-6-5-7-25(16-23)30(19-33(37)38)24-8-9-24/h5-7,10-13,16-18,24,30H,2-4,8-9,14-15,19-21H2,1H3,(H,37,38). The molecule has 1 atom stereocenters. The topological polar surface area (TPSA) is 79.6 Å². The van der Waals surface area contributed by atoms with E-state index in [4.69, 9.17) is 9.47 Å². The molecule has 2 aliphatic carbocycles. The van der Waals surface area contributed by atoms with Crippen molar-refractivity contribution in [3.05, 3.63) is 83.2 Å². The van der Waals surface area contributed by atoms with E-state index in [1.165, 1.54) is 6.07 Å². The van der Waals surface area contributed by atoms with Crippen LogP contribution in [0.15, 0.2) is 60.7 Å². The Morgan fingerprint density at radius 3 is 2.52 bits per heavy atom. The van der Waals surface area contributed by atoms with Crippen LogP contribution in [0.3, 0.4) is 0 Å². The summed E-state index contributed by atoms with van der Waals surface area (Å²) in [5, 5.41) is 19.6. The maximum atomic E-state index is 15.1. The van der Waals surface area contributed by atoms with Crippen molar-refractivity contribution in [1.82, 2.24) is 0 Å². The number of carboxylic acids is 1. The van der Waals surface area contributed by atoms with Crippen molar-refractivity contribution in [1.29, 1.82) is 5.26 Å². The van der Waals surface area contributed by atoms with Crippen LogP contribution < -0.4 is 9.47 Å². The Hall–Kier alpha value is -3.85. The third kappa shape index (κ3) is 6.47. The predicted octanol–water partition coefficient (Wildman–Crippen LogP) is 8.07. The second-order valence-electron chi connectivity index (χ2n) is 11.4. The SMILES string of the molecule is COc1ccc(F)c(-c2ccc(OCc3cccc(C(CC(=O)O)C4CC4)c3)cc2CC2(C#N)CCCCC2)c1. The smallest absolute Gasteiger partial charge is 0.303 e. The first-order valence-corrected chi connectivity index (χ1v) is 14.2. The lowest BCUT2D eigenvalue weighted by Gasteiger charge is -2.31. The van der Waals surface area contributed by atoms with Crippen molar-refractivity contribution in [3.8, 4) is 28.7 Å². The van der Waals surface area contributed by atoms with Gasteiger partial charge in [-0.3, -0.25) is 4.79 Å². The average Bonchev–Trinajstić information content (AvgIpc) is 3.81. The van der Waals surface area contributed by atoms with Gasteiger partial charge in [-0.25, -0.2) is 4.39 Å². The monoisotopic (exact) mass is 541 g/mol. The molecule has 6 heteroatoms. The van der Waals surface area contributed by atoms with Gasteiger partial charge in [0.15, 0.2) is 0 Å². The Morgan fingerprint density at radius 1 is 1.05 bits per heavy atom. The minimum atomic E-state index is -0.772. The number of nitriles is 1. The first-order chi connectivity index (χ1) is 19.4. The summed E-state index contributed by atoms with van der Waals surface area (Å²) in [4.78, 5) is 11.4. The van der Waals surface area contributed by atoms with E-state index in [-0.39, 0.29) is 18.2 Å². The molecule has 0 amide bonds. The number of benzene rings is 3. The predicted molar refractivity (Wildman–Crippen MR) is 152 cm³/mol. The highest BCUT2D eigenvalue weighted by Crippen LogP contribution is 2.45. The summed E-state index contributed by atoms with van der Waals surface area (Å²) in [6.07, 6.45) is 7.66.